The molecule has 0 radical (unpaired) electrons. The van der Waals surface area contributed by atoms with Crippen molar-refractivity contribution in [3.63, 3.8) is 0 Å². The molecule has 1 amide bonds. The second-order valence-corrected chi connectivity index (χ2v) is 4.57. The van der Waals surface area contributed by atoms with Crippen LogP contribution in [-0.4, -0.2) is 46.4 Å². The lowest BCUT2D eigenvalue weighted by Crippen LogP contribution is -2.38. The van der Waals surface area contributed by atoms with Gasteiger partial charge in [-0.15, -0.1) is 0 Å². The van der Waals surface area contributed by atoms with Crippen LogP contribution in [0, 0.1) is 0 Å². The molecule has 6 nitrogen and oxygen atoms in total. The van der Waals surface area contributed by atoms with Crippen LogP contribution in [0.2, 0.25) is 0 Å². The first kappa shape index (κ1) is 12.9. The number of anilines is 1. The van der Waals surface area contributed by atoms with Crippen molar-refractivity contribution in [3.05, 3.63) is 12.4 Å². The van der Waals surface area contributed by atoms with Crippen LogP contribution in [0.25, 0.3) is 0 Å². The average Bonchev–Trinajstić information content (AvgIpc) is 2.65. The molecule has 0 bridgehead atoms. The molecule has 1 aliphatic heterocycles. The third kappa shape index (κ3) is 3.22. The minimum atomic E-state index is 0.0713. The van der Waals surface area contributed by atoms with E-state index in [1.165, 1.54) is 0 Å². The van der Waals surface area contributed by atoms with Crippen molar-refractivity contribution in [1.29, 1.82) is 0 Å². The zero-order chi connectivity index (χ0) is 13.0. The third-order valence-corrected chi connectivity index (χ3v) is 3.11. The van der Waals surface area contributed by atoms with Gasteiger partial charge in [-0.3, -0.25) is 9.48 Å². The van der Waals surface area contributed by atoms with Crippen molar-refractivity contribution >= 4 is 11.6 Å². The van der Waals surface area contributed by atoms with Crippen molar-refractivity contribution in [2.75, 3.05) is 25.4 Å². The molecule has 1 unspecified atom stereocenters. The molecule has 18 heavy (non-hydrogen) atoms. The maximum absolute atomic E-state index is 12.2. The van der Waals surface area contributed by atoms with Gasteiger partial charge in [0.2, 0.25) is 5.91 Å². The highest BCUT2D eigenvalue weighted by Gasteiger charge is 2.21. The highest BCUT2D eigenvalue weighted by Crippen LogP contribution is 2.09. The van der Waals surface area contributed by atoms with Crippen LogP contribution < -0.4 is 5.73 Å². The van der Waals surface area contributed by atoms with Crippen molar-refractivity contribution in [3.8, 4) is 0 Å². The maximum Gasteiger partial charge on any atom is 0.244 e. The summed E-state index contributed by atoms with van der Waals surface area (Å²) in [5, 5.41) is 4.03. The molecule has 1 saturated heterocycles. The molecule has 1 fully saturated rings. The molecular weight excluding hydrogens is 232 g/mol. The number of hydrogen-bond acceptors (Lipinski definition) is 4. The number of carbonyl (C=O) groups excluding carboxylic acids is 1. The first-order valence-corrected chi connectivity index (χ1v) is 6.36. The lowest BCUT2D eigenvalue weighted by Gasteiger charge is -2.23. The van der Waals surface area contributed by atoms with Gasteiger partial charge in [0.1, 0.15) is 6.54 Å². The second-order valence-electron chi connectivity index (χ2n) is 4.57. The van der Waals surface area contributed by atoms with E-state index in [0.29, 0.717) is 12.2 Å². The van der Waals surface area contributed by atoms with Crippen LogP contribution in [0.1, 0.15) is 19.8 Å². The molecule has 2 N–H and O–H groups in total. The van der Waals surface area contributed by atoms with E-state index in [1.54, 1.807) is 17.1 Å². The fourth-order valence-corrected chi connectivity index (χ4v) is 2.07. The van der Waals surface area contributed by atoms with Gasteiger partial charge in [0.15, 0.2) is 0 Å². The molecule has 6 heteroatoms. The third-order valence-electron chi connectivity index (χ3n) is 3.11. The molecule has 100 valence electrons. The first-order valence-electron chi connectivity index (χ1n) is 6.36. The number of nitrogens with zero attached hydrogens (tertiary/aromatic N) is 3. The molecular formula is C12H20N4O2. The van der Waals surface area contributed by atoms with E-state index in [2.05, 4.69) is 12.0 Å². The zero-order valence-electron chi connectivity index (χ0n) is 10.7. The van der Waals surface area contributed by atoms with Crippen LogP contribution in [0.3, 0.4) is 0 Å². The van der Waals surface area contributed by atoms with Gasteiger partial charge >= 0.3 is 0 Å². The maximum atomic E-state index is 12.2. The number of rotatable bonds is 3. The summed E-state index contributed by atoms with van der Waals surface area (Å²) in [6, 6.07) is 0. The monoisotopic (exact) mass is 252 g/mol. The smallest absolute Gasteiger partial charge is 0.244 e. The standard InChI is InChI=1S/C12H20N4O2/c1-2-11-8-15(4-3-5-18-11)12(17)9-16-7-10(13)6-14-16/h6-7,11H,2-5,8-9,13H2,1H3. The molecule has 2 heterocycles. The summed E-state index contributed by atoms with van der Waals surface area (Å²) in [6.45, 7) is 4.48. The van der Waals surface area contributed by atoms with E-state index < -0.39 is 0 Å². The SMILES string of the molecule is CCC1CN(C(=O)Cn2cc(N)cn2)CCCO1. The molecule has 0 aliphatic carbocycles. The fourth-order valence-electron chi connectivity index (χ4n) is 2.07. The van der Waals surface area contributed by atoms with E-state index in [9.17, 15) is 4.79 Å². The Morgan fingerprint density at radius 2 is 2.50 bits per heavy atom. The zero-order valence-corrected chi connectivity index (χ0v) is 10.7. The second kappa shape index (κ2) is 5.86. The Kier molecular flexibility index (Phi) is 4.19. The highest BCUT2D eigenvalue weighted by molar-refractivity contribution is 5.76. The summed E-state index contributed by atoms with van der Waals surface area (Å²) in [6.07, 6.45) is 5.19. The highest BCUT2D eigenvalue weighted by atomic mass is 16.5. The Hall–Kier alpha value is -1.56. The van der Waals surface area contributed by atoms with E-state index >= 15 is 0 Å². The summed E-state index contributed by atoms with van der Waals surface area (Å²) >= 11 is 0. The lowest BCUT2D eigenvalue weighted by atomic mass is 10.2. The average molecular weight is 252 g/mol. The quantitative estimate of drug-likeness (QED) is 0.849. The summed E-state index contributed by atoms with van der Waals surface area (Å²) in [7, 11) is 0. The molecule has 0 spiro atoms. The normalized spacial score (nSPS) is 20.7. The largest absolute Gasteiger partial charge is 0.396 e. The Bertz CT molecular complexity index is 405. The fraction of sp³-hybridized carbons (Fsp3) is 0.667. The van der Waals surface area contributed by atoms with Crippen molar-refractivity contribution in [2.24, 2.45) is 0 Å². The Morgan fingerprint density at radius 3 is 3.17 bits per heavy atom. The number of aromatic nitrogens is 2. The van der Waals surface area contributed by atoms with Crippen LogP contribution in [0.5, 0.6) is 0 Å². The molecule has 1 atom stereocenters. The number of nitrogens with two attached hydrogens (primary N) is 1. The summed E-state index contributed by atoms with van der Waals surface area (Å²) in [5.41, 5.74) is 6.15. The van der Waals surface area contributed by atoms with Gasteiger partial charge < -0.3 is 15.4 Å². The predicted molar refractivity (Wildman–Crippen MR) is 67.9 cm³/mol. The van der Waals surface area contributed by atoms with Crippen molar-refractivity contribution in [1.82, 2.24) is 14.7 Å². The number of nitrogen functional groups attached to an aromatic ring is 1. The molecule has 0 aromatic carbocycles. The Morgan fingerprint density at radius 1 is 1.67 bits per heavy atom. The Labute approximate surface area is 107 Å². The van der Waals surface area contributed by atoms with E-state index in [-0.39, 0.29) is 18.6 Å². The minimum Gasteiger partial charge on any atom is -0.396 e. The van der Waals surface area contributed by atoms with Gasteiger partial charge in [-0.1, -0.05) is 6.92 Å². The predicted octanol–water partition coefficient (Wildman–Crippen LogP) is 0.493. The van der Waals surface area contributed by atoms with Gasteiger partial charge in [-0.2, -0.15) is 5.10 Å². The summed E-state index contributed by atoms with van der Waals surface area (Å²) < 4.78 is 7.22. The number of carbonyl (C=O) groups is 1. The topological polar surface area (TPSA) is 73.4 Å². The first-order chi connectivity index (χ1) is 8.69. The van der Waals surface area contributed by atoms with E-state index in [1.807, 2.05) is 4.90 Å². The molecule has 1 aromatic rings. The Balaban J connectivity index is 1.94. The lowest BCUT2D eigenvalue weighted by molar-refractivity contribution is -0.132. The van der Waals surface area contributed by atoms with Gasteiger partial charge in [0.05, 0.1) is 18.0 Å². The summed E-state index contributed by atoms with van der Waals surface area (Å²) in [5.74, 6) is 0.0713. The van der Waals surface area contributed by atoms with Crippen molar-refractivity contribution in [2.45, 2.75) is 32.4 Å². The van der Waals surface area contributed by atoms with Crippen LogP contribution >= 0.6 is 0 Å². The number of hydrogen-bond donors (Lipinski definition) is 1. The molecule has 1 aromatic heterocycles. The van der Waals surface area contributed by atoms with Crippen LogP contribution in [0.15, 0.2) is 12.4 Å². The van der Waals surface area contributed by atoms with Crippen molar-refractivity contribution < 1.29 is 9.53 Å². The number of amides is 1. The minimum absolute atomic E-state index is 0.0713. The molecule has 0 saturated carbocycles. The van der Waals surface area contributed by atoms with Gasteiger partial charge in [-0.05, 0) is 12.8 Å². The van der Waals surface area contributed by atoms with Gasteiger partial charge in [0.25, 0.3) is 0 Å². The van der Waals surface area contributed by atoms with E-state index in [0.717, 1.165) is 26.0 Å². The van der Waals surface area contributed by atoms with E-state index in [4.69, 9.17) is 10.5 Å². The number of ether oxygens (including phenoxy) is 1. The van der Waals surface area contributed by atoms with Gasteiger partial charge in [-0.25, -0.2) is 0 Å². The van der Waals surface area contributed by atoms with Gasteiger partial charge in [0, 0.05) is 25.9 Å². The summed E-state index contributed by atoms with van der Waals surface area (Å²) in [4.78, 5) is 14.0. The molecule has 1 aliphatic rings. The van der Waals surface area contributed by atoms with Crippen LogP contribution in [-0.2, 0) is 16.1 Å². The molecule has 2 rings (SSSR count). The van der Waals surface area contributed by atoms with Crippen LogP contribution in [0.4, 0.5) is 5.69 Å².